The summed E-state index contributed by atoms with van der Waals surface area (Å²) in [6, 6.07) is 16.3. The molecule has 4 nitrogen and oxygen atoms in total. The Hall–Kier alpha value is -2.40. The van der Waals surface area contributed by atoms with Gasteiger partial charge < -0.3 is 5.32 Å². The molecule has 1 N–H and O–H groups in total. The summed E-state index contributed by atoms with van der Waals surface area (Å²) >= 11 is 3.42. The highest BCUT2D eigenvalue weighted by Gasteiger charge is 2.22. The predicted molar refractivity (Wildman–Crippen MR) is 101 cm³/mol. The van der Waals surface area contributed by atoms with E-state index in [0.29, 0.717) is 5.56 Å². The molecule has 3 aromatic rings. The first kappa shape index (κ1) is 16.1. The first-order chi connectivity index (χ1) is 12.2. The van der Waals surface area contributed by atoms with Crippen molar-refractivity contribution in [1.82, 2.24) is 15.1 Å². The van der Waals surface area contributed by atoms with Crippen molar-refractivity contribution in [2.45, 2.75) is 25.3 Å². The molecule has 2 aromatic carbocycles. The number of fused-ring (bicyclic) bond motifs is 1. The summed E-state index contributed by atoms with van der Waals surface area (Å²) < 4.78 is 2.73. The molecule has 5 heteroatoms. The number of nitrogens with zero attached hydrogens (tertiary/aromatic N) is 2. The Kier molecular flexibility index (Phi) is 4.40. The van der Waals surface area contributed by atoms with Crippen LogP contribution < -0.4 is 5.32 Å². The third-order valence-electron chi connectivity index (χ3n) is 4.61. The van der Waals surface area contributed by atoms with Gasteiger partial charge in [-0.05, 0) is 54.7 Å². The highest BCUT2D eigenvalue weighted by molar-refractivity contribution is 9.10. The fourth-order valence-electron chi connectivity index (χ4n) is 3.32. The highest BCUT2D eigenvalue weighted by atomic mass is 79.9. The lowest BCUT2D eigenvalue weighted by molar-refractivity contribution is 0.0932. The van der Waals surface area contributed by atoms with Crippen molar-refractivity contribution in [3.8, 4) is 5.69 Å². The molecule has 0 spiro atoms. The SMILES string of the molecule is O=C(NC1CCCc2ccccc21)c1cnn(-c2ccc(Br)cc2)c1. The molecule has 1 heterocycles. The van der Waals surface area contributed by atoms with Crippen LogP contribution in [0.25, 0.3) is 5.69 Å². The number of halogens is 1. The average Bonchev–Trinajstić information content (AvgIpc) is 3.13. The van der Waals surface area contributed by atoms with E-state index in [1.165, 1.54) is 11.1 Å². The van der Waals surface area contributed by atoms with Crippen LogP contribution in [0.3, 0.4) is 0 Å². The van der Waals surface area contributed by atoms with Crippen LogP contribution in [-0.4, -0.2) is 15.7 Å². The van der Waals surface area contributed by atoms with Crippen molar-refractivity contribution >= 4 is 21.8 Å². The van der Waals surface area contributed by atoms with Gasteiger partial charge in [0, 0.05) is 10.7 Å². The van der Waals surface area contributed by atoms with Crippen LogP contribution in [0, 0.1) is 0 Å². The number of rotatable bonds is 3. The number of nitrogens with one attached hydrogen (secondary N) is 1. The van der Waals surface area contributed by atoms with Crippen LogP contribution in [0.15, 0.2) is 65.4 Å². The van der Waals surface area contributed by atoms with Crippen LogP contribution in [0.5, 0.6) is 0 Å². The molecule has 25 heavy (non-hydrogen) atoms. The van der Waals surface area contributed by atoms with Gasteiger partial charge in [0.1, 0.15) is 0 Å². The van der Waals surface area contributed by atoms with Crippen molar-refractivity contribution in [2.75, 3.05) is 0 Å². The molecule has 1 aliphatic carbocycles. The lowest BCUT2D eigenvalue weighted by Gasteiger charge is -2.26. The largest absolute Gasteiger partial charge is 0.345 e. The lowest BCUT2D eigenvalue weighted by atomic mass is 9.87. The van der Waals surface area contributed by atoms with Crippen molar-refractivity contribution in [2.24, 2.45) is 0 Å². The Morgan fingerprint density at radius 2 is 1.96 bits per heavy atom. The second-order valence-corrected chi connectivity index (χ2v) is 7.18. The summed E-state index contributed by atoms with van der Waals surface area (Å²) in [5.74, 6) is -0.0786. The van der Waals surface area contributed by atoms with Crippen molar-refractivity contribution in [3.63, 3.8) is 0 Å². The van der Waals surface area contributed by atoms with E-state index in [0.717, 1.165) is 29.4 Å². The van der Waals surface area contributed by atoms with E-state index in [1.807, 2.05) is 30.3 Å². The third kappa shape index (κ3) is 3.37. The van der Waals surface area contributed by atoms with Gasteiger partial charge in [0.05, 0.1) is 23.5 Å². The molecule has 1 amide bonds. The first-order valence-electron chi connectivity index (χ1n) is 8.40. The summed E-state index contributed by atoms with van der Waals surface area (Å²) in [6.45, 7) is 0. The number of benzene rings is 2. The van der Waals surface area contributed by atoms with E-state index < -0.39 is 0 Å². The van der Waals surface area contributed by atoms with E-state index >= 15 is 0 Å². The molecular formula is C20H18BrN3O. The van der Waals surface area contributed by atoms with Crippen LogP contribution in [-0.2, 0) is 6.42 Å². The third-order valence-corrected chi connectivity index (χ3v) is 5.14. The first-order valence-corrected chi connectivity index (χ1v) is 9.19. The standard InChI is InChI=1S/C20H18BrN3O/c21-16-8-10-17(11-9-16)24-13-15(12-22-24)20(25)23-19-7-3-5-14-4-1-2-6-18(14)19/h1-2,4,6,8-13,19H,3,5,7H2,(H,23,25). The molecule has 0 bridgehead atoms. The van der Waals surface area contributed by atoms with Crippen LogP contribution in [0.1, 0.15) is 40.4 Å². The molecule has 1 atom stereocenters. The quantitative estimate of drug-likeness (QED) is 0.712. The van der Waals surface area contributed by atoms with Gasteiger partial charge in [-0.3, -0.25) is 4.79 Å². The predicted octanol–water partition coefficient (Wildman–Crippen LogP) is 4.44. The van der Waals surface area contributed by atoms with Gasteiger partial charge in [-0.1, -0.05) is 40.2 Å². The molecule has 4 rings (SSSR count). The van der Waals surface area contributed by atoms with Crippen molar-refractivity contribution < 1.29 is 4.79 Å². The molecule has 1 unspecified atom stereocenters. The van der Waals surface area contributed by atoms with E-state index in [-0.39, 0.29) is 11.9 Å². The topological polar surface area (TPSA) is 46.9 Å². The molecule has 0 aliphatic heterocycles. The zero-order valence-corrected chi connectivity index (χ0v) is 15.2. The summed E-state index contributed by atoms with van der Waals surface area (Å²) in [5.41, 5.74) is 4.07. The maximum atomic E-state index is 12.6. The molecule has 1 aromatic heterocycles. The van der Waals surface area contributed by atoms with Crippen molar-refractivity contribution in [3.05, 3.63) is 82.1 Å². The smallest absolute Gasteiger partial charge is 0.254 e. The molecule has 1 aliphatic rings. The minimum absolute atomic E-state index is 0.0773. The van der Waals surface area contributed by atoms with E-state index in [9.17, 15) is 4.79 Å². The average molecular weight is 396 g/mol. The van der Waals surface area contributed by atoms with Crippen LogP contribution in [0.4, 0.5) is 0 Å². The maximum absolute atomic E-state index is 12.6. The normalized spacial score (nSPS) is 16.3. The molecule has 0 saturated carbocycles. The number of aryl methyl sites for hydroxylation is 1. The monoisotopic (exact) mass is 395 g/mol. The second kappa shape index (κ2) is 6.84. The van der Waals surface area contributed by atoms with E-state index in [4.69, 9.17) is 0 Å². The van der Waals surface area contributed by atoms with Gasteiger partial charge in [0.25, 0.3) is 5.91 Å². The summed E-state index contributed by atoms with van der Waals surface area (Å²) in [5, 5.41) is 7.48. The number of amides is 1. The second-order valence-electron chi connectivity index (χ2n) is 6.27. The van der Waals surface area contributed by atoms with Gasteiger partial charge in [-0.2, -0.15) is 5.10 Å². The Morgan fingerprint density at radius 3 is 2.80 bits per heavy atom. The molecule has 0 saturated heterocycles. The maximum Gasteiger partial charge on any atom is 0.254 e. The number of aromatic nitrogens is 2. The van der Waals surface area contributed by atoms with Crippen LogP contribution in [0.2, 0.25) is 0 Å². The summed E-state index contributed by atoms with van der Waals surface area (Å²) in [7, 11) is 0. The lowest BCUT2D eigenvalue weighted by Crippen LogP contribution is -2.30. The number of hydrogen-bond donors (Lipinski definition) is 1. The van der Waals surface area contributed by atoms with Gasteiger partial charge >= 0.3 is 0 Å². The Morgan fingerprint density at radius 1 is 1.16 bits per heavy atom. The molecule has 0 fully saturated rings. The van der Waals surface area contributed by atoms with Crippen LogP contribution >= 0.6 is 15.9 Å². The number of carbonyl (C=O) groups is 1. The fourth-order valence-corrected chi connectivity index (χ4v) is 3.58. The zero-order chi connectivity index (χ0) is 17.2. The molecule has 126 valence electrons. The number of carbonyl (C=O) groups excluding carboxylic acids is 1. The summed E-state index contributed by atoms with van der Waals surface area (Å²) in [4.78, 5) is 12.6. The minimum atomic E-state index is -0.0786. The summed E-state index contributed by atoms with van der Waals surface area (Å²) in [6.07, 6.45) is 6.55. The number of hydrogen-bond acceptors (Lipinski definition) is 2. The fraction of sp³-hybridized carbons (Fsp3) is 0.200. The molecule has 0 radical (unpaired) electrons. The van der Waals surface area contributed by atoms with Crippen molar-refractivity contribution in [1.29, 1.82) is 0 Å². The Balaban J connectivity index is 1.52. The zero-order valence-electron chi connectivity index (χ0n) is 13.7. The van der Waals surface area contributed by atoms with Gasteiger partial charge in [-0.25, -0.2) is 4.68 Å². The van der Waals surface area contributed by atoms with E-state index in [2.05, 4.69) is 44.5 Å². The highest BCUT2D eigenvalue weighted by Crippen LogP contribution is 2.29. The minimum Gasteiger partial charge on any atom is -0.345 e. The van der Waals surface area contributed by atoms with Gasteiger partial charge in [0.15, 0.2) is 0 Å². The van der Waals surface area contributed by atoms with Gasteiger partial charge in [0.2, 0.25) is 0 Å². The Labute approximate surface area is 155 Å². The Bertz CT molecular complexity index is 901. The van der Waals surface area contributed by atoms with Gasteiger partial charge in [-0.15, -0.1) is 0 Å². The van der Waals surface area contributed by atoms with E-state index in [1.54, 1.807) is 17.1 Å². The molecular weight excluding hydrogens is 378 g/mol.